The summed E-state index contributed by atoms with van der Waals surface area (Å²) in [6, 6.07) is 0. The lowest BCUT2D eigenvalue weighted by molar-refractivity contribution is -0.128. The van der Waals surface area contributed by atoms with Crippen LogP contribution >= 0.6 is 0 Å². The van der Waals surface area contributed by atoms with E-state index in [1.165, 1.54) is 25.9 Å². The molecule has 0 unspecified atom stereocenters. The fraction of sp³-hybridized carbons (Fsp3) is 0.917. The van der Waals surface area contributed by atoms with Crippen molar-refractivity contribution in [2.24, 2.45) is 5.92 Å². The highest BCUT2D eigenvalue weighted by Gasteiger charge is 2.15. The van der Waals surface area contributed by atoms with Crippen LogP contribution in [-0.4, -0.2) is 63.0 Å². The summed E-state index contributed by atoms with van der Waals surface area (Å²) in [6.07, 6.45) is 3.18. The van der Waals surface area contributed by atoms with Gasteiger partial charge in [0.05, 0.1) is 0 Å². The molecule has 4 nitrogen and oxygen atoms in total. The zero-order valence-corrected chi connectivity index (χ0v) is 10.8. The van der Waals surface area contributed by atoms with Crippen LogP contribution in [0.4, 0.5) is 0 Å². The molecule has 1 heterocycles. The number of piperidine rings is 1. The minimum Gasteiger partial charge on any atom is -0.349 e. The lowest BCUT2D eigenvalue weighted by Gasteiger charge is -2.29. The maximum atomic E-state index is 11.3. The van der Waals surface area contributed by atoms with Crippen molar-refractivity contribution in [2.45, 2.75) is 19.3 Å². The highest BCUT2D eigenvalue weighted by Crippen LogP contribution is 2.14. The minimum absolute atomic E-state index is 0.205. The highest BCUT2D eigenvalue weighted by molar-refractivity contribution is 5.75. The number of hydrogen-bond acceptors (Lipinski definition) is 3. The molecular weight excluding hydrogens is 202 g/mol. The lowest BCUT2D eigenvalue weighted by atomic mass is 9.97. The Morgan fingerprint density at radius 3 is 2.56 bits per heavy atom. The van der Waals surface area contributed by atoms with Crippen LogP contribution < -0.4 is 5.32 Å². The zero-order chi connectivity index (χ0) is 12.0. The molecule has 1 aliphatic heterocycles. The second kappa shape index (κ2) is 6.86. The Morgan fingerprint density at radius 2 is 2.00 bits per heavy atom. The van der Waals surface area contributed by atoms with Crippen LogP contribution in [-0.2, 0) is 4.79 Å². The molecule has 1 rings (SSSR count). The third kappa shape index (κ3) is 4.94. The zero-order valence-electron chi connectivity index (χ0n) is 10.8. The average Bonchev–Trinajstić information content (AvgIpc) is 2.26. The Balaban J connectivity index is 2.01. The van der Waals surface area contributed by atoms with Gasteiger partial charge < -0.3 is 15.1 Å². The van der Waals surface area contributed by atoms with E-state index in [1.54, 1.807) is 19.0 Å². The van der Waals surface area contributed by atoms with E-state index in [0.29, 0.717) is 6.42 Å². The van der Waals surface area contributed by atoms with Crippen LogP contribution in [0.5, 0.6) is 0 Å². The van der Waals surface area contributed by atoms with Crippen LogP contribution in [0.3, 0.4) is 0 Å². The van der Waals surface area contributed by atoms with Gasteiger partial charge in [0.25, 0.3) is 0 Å². The van der Waals surface area contributed by atoms with Gasteiger partial charge in [0, 0.05) is 27.1 Å². The van der Waals surface area contributed by atoms with Gasteiger partial charge in [-0.05, 0) is 45.4 Å². The Morgan fingerprint density at radius 1 is 1.38 bits per heavy atom. The quantitative estimate of drug-likeness (QED) is 0.690. The third-order valence-corrected chi connectivity index (χ3v) is 3.29. The summed E-state index contributed by atoms with van der Waals surface area (Å²) in [7, 11) is 5.79. The van der Waals surface area contributed by atoms with E-state index in [-0.39, 0.29) is 5.91 Å². The Kier molecular flexibility index (Phi) is 5.77. The first-order valence-corrected chi connectivity index (χ1v) is 6.19. The Bertz CT molecular complexity index is 210. The van der Waals surface area contributed by atoms with Gasteiger partial charge in [0.15, 0.2) is 0 Å². The number of amides is 1. The molecule has 1 N–H and O–H groups in total. The van der Waals surface area contributed by atoms with Crippen molar-refractivity contribution in [3.8, 4) is 0 Å². The van der Waals surface area contributed by atoms with Gasteiger partial charge in [-0.3, -0.25) is 4.79 Å². The van der Waals surface area contributed by atoms with Gasteiger partial charge in [0.1, 0.15) is 0 Å². The number of nitrogens with one attached hydrogen (secondary N) is 1. The van der Waals surface area contributed by atoms with E-state index in [1.807, 2.05) is 0 Å². The van der Waals surface area contributed by atoms with E-state index >= 15 is 0 Å². The summed E-state index contributed by atoms with van der Waals surface area (Å²) in [5, 5.41) is 3.39. The van der Waals surface area contributed by atoms with Crippen molar-refractivity contribution in [1.82, 2.24) is 15.1 Å². The van der Waals surface area contributed by atoms with Crippen LogP contribution in [0.25, 0.3) is 0 Å². The number of rotatable bonds is 5. The van der Waals surface area contributed by atoms with Crippen molar-refractivity contribution in [1.29, 1.82) is 0 Å². The van der Waals surface area contributed by atoms with Gasteiger partial charge in [0.2, 0.25) is 5.91 Å². The second-order valence-corrected chi connectivity index (χ2v) is 4.99. The molecule has 0 spiro atoms. The molecule has 0 aromatic carbocycles. The van der Waals surface area contributed by atoms with Gasteiger partial charge in [-0.15, -0.1) is 0 Å². The number of carbonyl (C=O) groups is 1. The van der Waals surface area contributed by atoms with E-state index in [9.17, 15) is 4.79 Å². The molecule has 16 heavy (non-hydrogen) atoms. The molecule has 1 fully saturated rings. The molecule has 94 valence electrons. The molecule has 4 heteroatoms. The van der Waals surface area contributed by atoms with Gasteiger partial charge in [-0.2, -0.15) is 0 Å². The first kappa shape index (κ1) is 13.5. The first-order chi connectivity index (χ1) is 7.59. The van der Waals surface area contributed by atoms with Crippen molar-refractivity contribution in [3.05, 3.63) is 0 Å². The lowest BCUT2D eigenvalue weighted by Crippen LogP contribution is -2.36. The number of hydrogen-bond donors (Lipinski definition) is 1. The van der Waals surface area contributed by atoms with Gasteiger partial charge in [-0.1, -0.05) is 0 Å². The van der Waals surface area contributed by atoms with E-state index in [4.69, 9.17) is 0 Å². The summed E-state index contributed by atoms with van der Waals surface area (Å²) in [4.78, 5) is 15.3. The molecule has 1 amide bonds. The van der Waals surface area contributed by atoms with Gasteiger partial charge in [-0.25, -0.2) is 0 Å². The first-order valence-electron chi connectivity index (χ1n) is 6.19. The fourth-order valence-corrected chi connectivity index (χ4v) is 1.99. The largest absolute Gasteiger partial charge is 0.349 e. The standard InChI is InChI=1S/C12H25N3O/c1-14(2)12(16)4-7-13-10-11-5-8-15(3)9-6-11/h11,13H,4-10H2,1-3H3. The van der Waals surface area contributed by atoms with Gasteiger partial charge >= 0.3 is 0 Å². The van der Waals surface area contributed by atoms with Crippen molar-refractivity contribution in [3.63, 3.8) is 0 Å². The SMILES string of the molecule is CN1CCC(CNCCC(=O)N(C)C)CC1. The predicted octanol–water partition coefficient (Wildman–Crippen LogP) is 0.396. The Labute approximate surface area is 99.0 Å². The minimum atomic E-state index is 0.205. The Hall–Kier alpha value is -0.610. The second-order valence-electron chi connectivity index (χ2n) is 4.99. The third-order valence-electron chi connectivity index (χ3n) is 3.29. The maximum absolute atomic E-state index is 11.3. The van der Waals surface area contributed by atoms with Crippen LogP contribution in [0, 0.1) is 5.92 Å². The number of carbonyl (C=O) groups excluding carboxylic acids is 1. The molecule has 0 saturated carbocycles. The molecule has 0 aliphatic carbocycles. The number of likely N-dealkylation sites (tertiary alicyclic amines) is 1. The summed E-state index contributed by atoms with van der Waals surface area (Å²) in [5.74, 6) is 1.00. The average molecular weight is 227 g/mol. The molecule has 1 aliphatic rings. The van der Waals surface area contributed by atoms with Crippen LogP contribution in [0.1, 0.15) is 19.3 Å². The summed E-state index contributed by atoms with van der Waals surface area (Å²) in [6.45, 7) is 4.30. The van der Waals surface area contributed by atoms with Crippen molar-refractivity contribution in [2.75, 3.05) is 47.3 Å². The topological polar surface area (TPSA) is 35.6 Å². The van der Waals surface area contributed by atoms with E-state index in [0.717, 1.165) is 19.0 Å². The number of nitrogens with zero attached hydrogens (tertiary/aromatic N) is 2. The molecule has 0 radical (unpaired) electrons. The molecular formula is C12H25N3O. The monoisotopic (exact) mass is 227 g/mol. The van der Waals surface area contributed by atoms with E-state index < -0.39 is 0 Å². The predicted molar refractivity (Wildman–Crippen MR) is 66.4 cm³/mol. The van der Waals surface area contributed by atoms with E-state index in [2.05, 4.69) is 17.3 Å². The molecule has 0 aromatic rings. The molecule has 1 saturated heterocycles. The fourth-order valence-electron chi connectivity index (χ4n) is 1.99. The molecule has 0 aromatic heterocycles. The molecule has 0 atom stereocenters. The highest BCUT2D eigenvalue weighted by atomic mass is 16.2. The summed E-state index contributed by atoms with van der Waals surface area (Å²) < 4.78 is 0. The summed E-state index contributed by atoms with van der Waals surface area (Å²) in [5.41, 5.74) is 0. The van der Waals surface area contributed by atoms with Crippen LogP contribution in [0.2, 0.25) is 0 Å². The summed E-state index contributed by atoms with van der Waals surface area (Å²) >= 11 is 0. The van der Waals surface area contributed by atoms with Crippen molar-refractivity contribution < 1.29 is 4.79 Å². The maximum Gasteiger partial charge on any atom is 0.223 e. The van der Waals surface area contributed by atoms with Crippen molar-refractivity contribution >= 4 is 5.91 Å². The normalized spacial score (nSPS) is 18.7. The smallest absolute Gasteiger partial charge is 0.223 e. The molecule has 0 bridgehead atoms. The van der Waals surface area contributed by atoms with Crippen LogP contribution in [0.15, 0.2) is 0 Å².